The smallest absolute Gasteiger partial charge is 0.317 e. The third-order valence-corrected chi connectivity index (χ3v) is 5.53. The highest BCUT2D eigenvalue weighted by molar-refractivity contribution is 5.69. The Bertz CT molecular complexity index is 726. The molecule has 1 heterocycles. The van der Waals surface area contributed by atoms with Gasteiger partial charge in [0.05, 0.1) is 19.6 Å². The van der Waals surface area contributed by atoms with E-state index >= 15 is 0 Å². The van der Waals surface area contributed by atoms with Crippen LogP contribution in [-0.2, 0) is 20.9 Å². The van der Waals surface area contributed by atoms with Crippen molar-refractivity contribution >= 4 is 17.9 Å². The molecule has 34 heavy (non-hydrogen) atoms. The third-order valence-electron chi connectivity index (χ3n) is 5.53. The van der Waals surface area contributed by atoms with Crippen LogP contribution >= 0.6 is 0 Å². The molecule has 0 saturated carbocycles. The summed E-state index contributed by atoms with van der Waals surface area (Å²) < 4.78 is 0. The van der Waals surface area contributed by atoms with Gasteiger partial charge < -0.3 is 15.3 Å². The van der Waals surface area contributed by atoms with Crippen LogP contribution in [0.1, 0.15) is 25.0 Å². The molecule has 2 rings (SSSR count). The van der Waals surface area contributed by atoms with Crippen molar-refractivity contribution in [3.63, 3.8) is 0 Å². The van der Waals surface area contributed by atoms with E-state index in [-0.39, 0.29) is 19.6 Å². The Morgan fingerprint density at radius 1 is 0.618 bits per heavy atom. The molecule has 0 bridgehead atoms. The number of carboxylic acid groups (broad SMARTS) is 3. The first kappa shape index (κ1) is 29.5. The second-order valence-corrected chi connectivity index (χ2v) is 8.27. The highest BCUT2D eigenvalue weighted by Crippen LogP contribution is 2.08. The Kier molecular flexibility index (Phi) is 14.0. The summed E-state index contributed by atoms with van der Waals surface area (Å²) in [6.45, 7) is 10.3. The molecule has 0 radical (unpaired) electrons. The van der Waals surface area contributed by atoms with Crippen molar-refractivity contribution in [3.8, 4) is 0 Å². The summed E-state index contributed by atoms with van der Waals surface area (Å²) in [6, 6.07) is 8.24. The Morgan fingerprint density at radius 2 is 0.912 bits per heavy atom. The molecule has 1 aliphatic heterocycles. The molecule has 1 fully saturated rings. The molecule has 192 valence electrons. The standard InChI is InChI=1S/C22H34N4O6.C2H6/c1-18-2-4-19(5-3-18)14-23-6-8-24(15-20(27)28)10-12-26(17-22(31)32)13-11-25(9-7-23)16-21(29)30;1-2/h2-5H,6-17H2,1H3,(H,27,28)(H,29,30)(H,31,32);1-2H3. The maximum atomic E-state index is 11.3. The van der Waals surface area contributed by atoms with Crippen LogP contribution in [0.25, 0.3) is 0 Å². The summed E-state index contributed by atoms with van der Waals surface area (Å²) in [5.41, 5.74) is 2.32. The molecule has 1 aromatic carbocycles. The lowest BCUT2D eigenvalue weighted by molar-refractivity contribution is -0.140. The molecule has 0 unspecified atom stereocenters. The Labute approximate surface area is 202 Å². The van der Waals surface area contributed by atoms with Crippen LogP contribution in [0.4, 0.5) is 0 Å². The van der Waals surface area contributed by atoms with Crippen LogP contribution in [0.3, 0.4) is 0 Å². The van der Waals surface area contributed by atoms with E-state index in [1.165, 1.54) is 5.56 Å². The zero-order chi connectivity index (χ0) is 25.5. The molecule has 1 aliphatic rings. The molecule has 3 N–H and O–H groups in total. The number of benzene rings is 1. The maximum Gasteiger partial charge on any atom is 0.317 e. The SMILES string of the molecule is CC.Cc1ccc(CN2CCN(CC(=O)O)CCN(CC(=O)O)CCN(CC(=O)O)CC2)cc1. The van der Waals surface area contributed by atoms with Gasteiger partial charge in [-0.15, -0.1) is 0 Å². The average molecular weight is 481 g/mol. The third kappa shape index (κ3) is 12.6. The first-order chi connectivity index (χ1) is 16.2. The summed E-state index contributed by atoms with van der Waals surface area (Å²) in [5.74, 6) is -2.80. The first-order valence-corrected chi connectivity index (χ1v) is 11.8. The van der Waals surface area contributed by atoms with Crippen molar-refractivity contribution in [1.29, 1.82) is 0 Å². The molecule has 10 nitrogen and oxygen atoms in total. The van der Waals surface area contributed by atoms with E-state index in [2.05, 4.69) is 29.2 Å². The molecular weight excluding hydrogens is 440 g/mol. The van der Waals surface area contributed by atoms with Crippen molar-refractivity contribution in [2.24, 2.45) is 0 Å². The molecule has 0 amide bonds. The van der Waals surface area contributed by atoms with Gasteiger partial charge in [-0.05, 0) is 12.5 Å². The zero-order valence-electron chi connectivity index (χ0n) is 20.6. The normalized spacial score (nSPS) is 17.6. The van der Waals surface area contributed by atoms with Crippen molar-refractivity contribution < 1.29 is 29.7 Å². The van der Waals surface area contributed by atoms with Gasteiger partial charge in [0, 0.05) is 58.9 Å². The van der Waals surface area contributed by atoms with E-state index in [0.29, 0.717) is 58.9 Å². The van der Waals surface area contributed by atoms with Crippen molar-refractivity contribution in [3.05, 3.63) is 35.4 Å². The lowest BCUT2D eigenvalue weighted by Gasteiger charge is -2.33. The summed E-state index contributed by atoms with van der Waals surface area (Å²) in [5, 5.41) is 27.8. The number of hydrogen-bond donors (Lipinski definition) is 3. The molecule has 0 spiro atoms. The quantitative estimate of drug-likeness (QED) is 0.496. The van der Waals surface area contributed by atoms with Gasteiger partial charge in [-0.1, -0.05) is 43.7 Å². The monoisotopic (exact) mass is 480 g/mol. The summed E-state index contributed by atoms with van der Waals surface area (Å²) in [6.07, 6.45) is 0. The second kappa shape index (κ2) is 16.2. The molecular formula is C24H40N4O6. The molecule has 0 aromatic heterocycles. The maximum absolute atomic E-state index is 11.3. The van der Waals surface area contributed by atoms with Gasteiger partial charge in [0.1, 0.15) is 0 Å². The van der Waals surface area contributed by atoms with E-state index in [1.54, 1.807) is 4.90 Å². The number of rotatable bonds is 8. The predicted molar refractivity (Wildman–Crippen MR) is 130 cm³/mol. The molecule has 1 saturated heterocycles. The van der Waals surface area contributed by atoms with Crippen LogP contribution in [0.5, 0.6) is 0 Å². The van der Waals surface area contributed by atoms with Gasteiger partial charge in [-0.2, -0.15) is 0 Å². The fourth-order valence-electron chi connectivity index (χ4n) is 3.74. The lowest BCUT2D eigenvalue weighted by atomic mass is 10.1. The van der Waals surface area contributed by atoms with Crippen molar-refractivity contribution in [2.75, 3.05) is 72.0 Å². The van der Waals surface area contributed by atoms with Gasteiger partial charge in [-0.25, -0.2) is 0 Å². The van der Waals surface area contributed by atoms with Gasteiger partial charge >= 0.3 is 17.9 Å². The van der Waals surface area contributed by atoms with E-state index in [1.807, 2.05) is 30.6 Å². The van der Waals surface area contributed by atoms with Crippen LogP contribution in [0.2, 0.25) is 0 Å². The zero-order valence-corrected chi connectivity index (χ0v) is 20.6. The first-order valence-electron chi connectivity index (χ1n) is 11.8. The fourth-order valence-corrected chi connectivity index (χ4v) is 3.74. The minimum absolute atomic E-state index is 0.107. The predicted octanol–water partition coefficient (Wildman–Crippen LogP) is 0.997. The van der Waals surface area contributed by atoms with E-state index < -0.39 is 17.9 Å². The van der Waals surface area contributed by atoms with Gasteiger partial charge in [0.2, 0.25) is 0 Å². The minimum atomic E-state index is -0.962. The number of carbonyl (C=O) groups is 3. The van der Waals surface area contributed by atoms with E-state index in [9.17, 15) is 29.7 Å². The highest BCUT2D eigenvalue weighted by Gasteiger charge is 2.20. The number of nitrogens with zero attached hydrogens (tertiary/aromatic N) is 4. The van der Waals surface area contributed by atoms with Gasteiger partial charge in [0.25, 0.3) is 0 Å². The van der Waals surface area contributed by atoms with Gasteiger partial charge in [-0.3, -0.25) is 34.0 Å². The van der Waals surface area contributed by atoms with Crippen LogP contribution in [0, 0.1) is 6.92 Å². The molecule has 0 atom stereocenters. The lowest BCUT2D eigenvalue weighted by Crippen LogP contribution is -2.48. The Balaban J connectivity index is 0.00000281. The van der Waals surface area contributed by atoms with Crippen LogP contribution in [0.15, 0.2) is 24.3 Å². The molecule has 0 aliphatic carbocycles. The number of carboxylic acids is 3. The number of aliphatic carboxylic acids is 3. The molecule has 1 aromatic rings. The summed E-state index contributed by atoms with van der Waals surface area (Å²) >= 11 is 0. The Hall–Kier alpha value is -2.53. The fraction of sp³-hybridized carbons (Fsp3) is 0.625. The highest BCUT2D eigenvalue weighted by atomic mass is 16.4. The second-order valence-electron chi connectivity index (χ2n) is 8.27. The topological polar surface area (TPSA) is 125 Å². The number of aryl methyl sites for hydroxylation is 1. The number of hydrogen-bond acceptors (Lipinski definition) is 7. The van der Waals surface area contributed by atoms with Crippen molar-refractivity contribution in [1.82, 2.24) is 19.6 Å². The van der Waals surface area contributed by atoms with E-state index in [0.717, 1.165) is 5.56 Å². The molecule has 10 heteroatoms. The minimum Gasteiger partial charge on any atom is -0.480 e. The average Bonchev–Trinajstić information content (AvgIpc) is 2.77. The van der Waals surface area contributed by atoms with Crippen LogP contribution < -0.4 is 0 Å². The van der Waals surface area contributed by atoms with E-state index in [4.69, 9.17) is 0 Å². The van der Waals surface area contributed by atoms with Gasteiger partial charge in [0.15, 0.2) is 0 Å². The van der Waals surface area contributed by atoms with Crippen molar-refractivity contribution in [2.45, 2.75) is 27.3 Å². The summed E-state index contributed by atoms with van der Waals surface area (Å²) in [7, 11) is 0. The largest absolute Gasteiger partial charge is 0.480 e. The van der Waals surface area contributed by atoms with Crippen LogP contribution in [-0.4, -0.2) is 125 Å². The summed E-state index contributed by atoms with van der Waals surface area (Å²) in [4.78, 5) is 41.5. The Morgan fingerprint density at radius 3 is 1.21 bits per heavy atom.